The second kappa shape index (κ2) is 6.78. The first-order chi connectivity index (χ1) is 8.49. The minimum Gasteiger partial charge on any atom is -0.390 e. The molecule has 1 aromatic rings. The summed E-state index contributed by atoms with van der Waals surface area (Å²) >= 11 is 1.58. The Morgan fingerprint density at radius 3 is 2.50 bits per heavy atom. The number of amides is 1. The molecule has 0 aliphatic rings. The summed E-state index contributed by atoms with van der Waals surface area (Å²) in [6, 6.07) is 0. The predicted molar refractivity (Wildman–Crippen MR) is 79.3 cm³/mol. The molecule has 2 N–H and O–H groups in total. The van der Waals surface area contributed by atoms with Crippen LogP contribution in [0.5, 0.6) is 0 Å². The summed E-state index contributed by atoms with van der Waals surface area (Å²) in [5.74, 6) is 0.0149. The van der Waals surface area contributed by atoms with Crippen LogP contribution >= 0.6 is 11.3 Å². The summed E-state index contributed by atoms with van der Waals surface area (Å²) in [5, 5.41) is 0.664. The highest BCUT2D eigenvalue weighted by atomic mass is 32.1. The number of hydrogen-bond donors (Lipinski definition) is 1. The third-order valence-electron chi connectivity index (χ3n) is 3.15. The molecule has 0 saturated carbocycles. The monoisotopic (exact) mass is 268 g/mol. The number of nitrogen functional groups attached to an aromatic ring is 1. The van der Waals surface area contributed by atoms with Crippen LogP contribution in [-0.2, 0) is 6.42 Å². The van der Waals surface area contributed by atoms with Gasteiger partial charge in [0.2, 0.25) is 0 Å². The number of nitrogens with zero attached hydrogens (tertiary/aromatic N) is 1. The second-order valence-corrected chi connectivity index (χ2v) is 6.04. The molecule has 1 aromatic heterocycles. The number of nitrogens with two attached hydrogens (primary N) is 1. The maximum Gasteiger partial charge on any atom is 0.256 e. The summed E-state index contributed by atoms with van der Waals surface area (Å²) in [6.45, 7) is 4.22. The Hall–Kier alpha value is -1.03. The molecule has 0 aromatic carbocycles. The molecule has 102 valence electrons. The van der Waals surface area contributed by atoms with E-state index in [1.807, 2.05) is 6.92 Å². The van der Waals surface area contributed by atoms with Crippen LogP contribution in [0.1, 0.15) is 53.4 Å². The van der Waals surface area contributed by atoms with E-state index in [0.29, 0.717) is 10.6 Å². The van der Waals surface area contributed by atoms with E-state index in [1.165, 1.54) is 30.6 Å². The smallest absolute Gasteiger partial charge is 0.256 e. The molecule has 0 aliphatic carbocycles. The molecule has 0 aliphatic heterocycles. The molecular formula is C14H24N2OS. The zero-order valence-electron chi connectivity index (χ0n) is 11.9. The maximum absolute atomic E-state index is 12.0. The quantitative estimate of drug-likeness (QED) is 0.803. The number of aryl methyl sites for hydroxylation is 1. The average Bonchev–Trinajstić information content (AvgIpc) is 2.59. The molecule has 1 heterocycles. The van der Waals surface area contributed by atoms with Crippen molar-refractivity contribution in [3.05, 3.63) is 16.0 Å². The largest absolute Gasteiger partial charge is 0.390 e. The highest BCUT2D eigenvalue weighted by Crippen LogP contribution is 2.32. The van der Waals surface area contributed by atoms with E-state index in [2.05, 4.69) is 6.92 Å². The molecule has 0 spiro atoms. The lowest BCUT2D eigenvalue weighted by Crippen LogP contribution is -2.22. The van der Waals surface area contributed by atoms with Gasteiger partial charge in [-0.3, -0.25) is 4.79 Å². The fourth-order valence-electron chi connectivity index (χ4n) is 2.02. The Balaban J connectivity index is 2.78. The van der Waals surface area contributed by atoms with E-state index in [-0.39, 0.29) is 5.91 Å². The summed E-state index contributed by atoms with van der Waals surface area (Å²) < 4.78 is 0. The first kappa shape index (κ1) is 15.0. The summed E-state index contributed by atoms with van der Waals surface area (Å²) in [7, 11) is 3.53. The molecule has 0 radical (unpaired) electrons. The summed E-state index contributed by atoms with van der Waals surface area (Å²) in [5.41, 5.74) is 7.76. The number of unbranched alkanes of at least 4 members (excludes halogenated alkanes) is 3. The molecule has 1 amide bonds. The predicted octanol–water partition coefficient (Wildman–Crippen LogP) is 3.46. The van der Waals surface area contributed by atoms with Crippen molar-refractivity contribution in [3.8, 4) is 0 Å². The van der Waals surface area contributed by atoms with Gasteiger partial charge in [-0.25, -0.2) is 0 Å². The zero-order valence-corrected chi connectivity index (χ0v) is 12.7. The lowest BCUT2D eigenvalue weighted by molar-refractivity contribution is 0.0828. The molecule has 0 saturated heterocycles. The number of carbonyl (C=O) groups excluding carboxylic acids is 1. The van der Waals surface area contributed by atoms with Gasteiger partial charge in [-0.2, -0.15) is 0 Å². The van der Waals surface area contributed by atoms with Gasteiger partial charge >= 0.3 is 0 Å². The fourth-order valence-corrected chi connectivity index (χ4v) is 3.13. The highest BCUT2D eigenvalue weighted by molar-refractivity contribution is 7.16. The molecule has 0 atom stereocenters. The van der Waals surface area contributed by atoms with E-state index in [0.717, 1.165) is 12.0 Å². The molecule has 3 nitrogen and oxygen atoms in total. The van der Waals surface area contributed by atoms with Crippen LogP contribution in [-0.4, -0.2) is 24.9 Å². The van der Waals surface area contributed by atoms with Crippen LogP contribution in [0.3, 0.4) is 0 Å². The summed E-state index contributed by atoms with van der Waals surface area (Å²) in [4.78, 5) is 14.9. The second-order valence-electron chi connectivity index (χ2n) is 4.90. The Kier molecular flexibility index (Phi) is 5.66. The van der Waals surface area contributed by atoms with Gasteiger partial charge in [0.1, 0.15) is 0 Å². The standard InChI is InChI=1S/C14H24N2OS/c1-5-6-7-8-9-11-10(2)12(13(15)18-11)14(17)16(3)4/h5-9,15H2,1-4H3. The van der Waals surface area contributed by atoms with E-state index in [4.69, 9.17) is 5.73 Å². The molecule has 18 heavy (non-hydrogen) atoms. The third kappa shape index (κ3) is 3.48. The molecule has 4 heteroatoms. The van der Waals surface area contributed by atoms with Gasteiger partial charge in [0, 0.05) is 19.0 Å². The van der Waals surface area contributed by atoms with Gasteiger partial charge in [-0.1, -0.05) is 26.2 Å². The SMILES string of the molecule is CCCCCCc1sc(N)c(C(=O)N(C)C)c1C. The van der Waals surface area contributed by atoms with Crippen molar-refractivity contribution in [2.24, 2.45) is 0 Å². The highest BCUT2D eigenvalue weighted by Gasteiger charge is 2.20. The van der Waals surface area contributed by atoms with Crippen LogP contribution in [0.25, 0.3) is 0 Å². The van der Waals surface area contributed by atoms with Crippen LogP contribution in [0.4, 0.5) is 5.00 Å². The van der Waals surface area contributed by atoms with E-state index in [1.54, 1.807) is 30.3 Å². The molecular weight excluding hydrogens is 244 g/mol. The van der Waals surface area contributed by atoms with Crippen molar-refractivity contribution in [1.82, 2.24) is 4.90 Å². The number of anilines is 1. The van der Waals surface area contributed by atoms with Gasteiger partial charge in [0.05, 0.1) is 10.6 Å². The van der Waals surface area contributed by atoms with Crippen LogP contribution in [0, 0.1) is 6.92 Å². The van der Waals surface area contributed by atoms with Crippen LogP contribution < -0.4 is 5.73 Å². The zero-order chi connectivity index (χ0) is 13.7. The normalized spacial score (nSPS) is 10.7. The lowest BCUT2D eigenvalue weighted by atomic mass is 10.1. The Bertz CT molecular complexity index is 410. The maximum atomic E-state index is 12.0. The fraction of sp³-hybridized carbons (Fsp3) is 0.643. The van der Waals surface area contributed by atoms with Crippen molar-refractivity contribution < 1.29 is 4.79 Å². The Morgan fingerprint density at radius 2 is 1.94 bits per heavy atom. The van der Waals surface area contributed by atoms with Crippen molar-refractivity contribution >= 4 is 22.2 Å². The Morgan fingerprint density at radius 1 is 1.28 bits per heavy atom. The number of rotatable bonds is 6. The first-order valence-corrected chi connectivity index (χ1v) is 7.40. The van der Waals surface area contributed by atoms with Crippen molar-refractivity contribution in [3.63, 3.8) is 0 Å². The first-order valence-electron chi connectivity index (χ1n) is 6.58. The van der Waals surface area contributed by atoms with Gasteiger partial charge in [-0.15, -0.1) is 11.3 Å². The lowest BCUT2D eigenvalue weighted by Gasteiger charge is -2.10. The number of hydrogen-bond acceptors (Lipinski definition) is 3. The van der Waals surface area contributed by atoms with Crippen molar-refractivity contribution in [2.45, 2.75) is 46.0 Å². The Labute approximate surface area is 114 Å². The number of thiophene rings is 1. The van der Waals surface area contributed by atoms with Gasteiger partial charge in [0.25, 0.3) is 5.91 Å². The molecule has 1 rings (SSSR count). The van der Waals surface area contributed by atoms with Crippen LogP contribution in [0.15, 0.2) is 0 Å². The third-order valence-corrected chi connectivity index (χ3v) is 4.33. The minimum absolute atomic E-state index is 0.0149. The van der Waals surface area contributed by atoms with Crippen molar-refractivity contribution in [1.29, 1.82) is 0 Å². The molecule has 0 fully saturated rings. The summed E-state index contributed by atoms with van der Waals surface area (Å²) in [6.07, 6.45) is 6.01. The van der Waals surface area contributed by atoms with Crippen LogP contribution in [0.2, 0.25) is 0 Å². The van der Waals surface area contributed by atoms with Crippen molar-refractivity contribution in [2.75, 3.05) is 19.8 Å². The topological polar surface area (TPSA) is 46.3 Å². The number of carbonyl (C=O) groups is 1. The molecule has 0 unspecified atom stereocenters. The van der Waals surface area contributed by atoms with Gasteiger partial charge in [0.15, 0.2) is 0 Å². The van der Waals surface area contributed by atoms with E-state index >= 15 is 0 Å². The van der Waals surface area contributed by atoms with Gasteiger partial charge in [-0.05, 0) is 25.3 Å². The minimum atomic E-state index is 0.0149. The van der Waals surface area contributed by atoms with E-state index in [9.17, 15) is 4.79 Å². The average molecular weight is 268 g/mol. The van der Waals surface area contributed by atoms with E-state index < -0.39 is 0 Å². The van der Waals surface area contributed by atoms with Gasteiger partial charge < -0.3 is 10.6 Å². The molecule has 0 bridgehead atoms.